The first-order valence-corrected chi connectivity index (χ1v) is 13.1. The average molecular weight is 460 g/mol. The molecule has 2 aliphatic rings. The van der Waals surface area contributed by atoms with E-state index in [4.69, 9.17) is 0 Å². The Morgan fingerprint density at radius 3 is 2.35 bits per heavy atom. The Morgan fingerprint density at radius 2 is 1.65 bits per heavy atom. The lowest BCUT2D eigenvalue weighted by Crippen LogP contribution is -2.60. The highest BCUT2D eigenvalue weighted by Gasteiger charge is 2.42. The number of hydrogen-bond donors (Lipinski definition) is 1. The first kappa shape index (κ1) is 24.5. The summed E-state index contributed by atoms with van der Waals surface area (Å²) in [6, 6.07) is 21.6. The van der Waals surface area contributed by atoms with Crippen molar-refractivity contribution in [3.8, 4) is 0 Å². The second-order valence-electron chi connectivity index (χ2n) is 10.5. The van der Waals surface area contributed by atoms with Crippen molar-refractivity contribution in [1.29, 1.82) is 0 Å². The van der Waals surface area contributed by atoms with Crippen molar-refractivity contribution in [3.63, 3.8) is 0 Å². The largest absolute Gasteiger partial charge is 0.338 e. The van der Waals surface area contributed by atoms with E-state index < -0.39 is 0 Å². The van der Waals surface area contributed by atoms with Gasteiger partial charge in [0.1, 0.15) is 0 Å². The van der Waals surface area contributed by atoms with Gasteiger partial charge in [-0.15, -0.1) is 0 Å². The third-order valence-electron chi connectivity index (χ3n) is 7.43. The van der Waals surface area contributed by atoms with Gasteiger partial charge in [-0.25, -0.2) is 4.79 Å². The van der Waals surface area contributed by atoms with Gasteiger partial charge in [-0.2, -0.15) is 0 Å². The molecule has 182 valence electrons. The molecule has 4 heteroatoms. The van der Waals surface area contributed by atoms with Crippen LogP contribution in [0.5, 0.6) is 0 Å². The number of carbonyl (C=O) groups is 1. The summed E-state index contributed by atoms with van der Waals surface area (Å²) in [6.07, 6.45) is 10.4. The molecule has 2 amide bonds. The highest BCUT2D eigenvalue weighted by Crippen LogP contribution is 2.35. The first-order chi connectivity index (χ1) is 16.5. The van der Waals surface area contributed by atoms with Gasteiger partial charge in [-0.05, 0) is 82.2 Å². The van der Waals surface area contributed by atoms with Crippen molar-refractivity contribution in [2.24, 2.45) is 0 Å². The van der Waals surface area contributed by atoms with Crippen LogP contribution in [0.25, 0.3) is 6.08 Å². The number of hydrogen-bond acceptors (Lipinski definition) is 2. The molecule has 34 heavy (non-hydrogen) atoms. The lowest BCUT2D eigenvalue weighted by molar-refractivity contribution is 0.0662. The van der Waals surface area contributed by atoms with Crippen molar-refractivity contribution in [3.05, 3.63) is 77.4 Å². The number of benzene rings is 2. The number of nitrogens with one attached hydrogen (secondary N) is 1. The van der Waals surface area contributed by atoms with Gasteiger partial charge in [0, 0.05) is 24.7 Å². The van der Waals surface area contributed by atoms with E-state index in [0.717, 1.165) is 32.2 Å². The van der Waals surface area contributed by atoms with Crippen LogP contribution in [0.4, 0.5) is 4.79 Å². The van der Waals surface area contributed by atoms with Crippen molar-refractivity contribution in [2.45, 2.75) is 70.4 Å². The van der Waals surface area contributed by atoms with Gasteiger partial charge in [0.05, 0.1) is 0 Å². The third kappa shape index (κ3) is 6.50. The summed E-state index contributed by atoms with van der Waals surface area (Å²) < 4.78 is 0. The normalized spacial score (nSPS) is 22.0. The molecule has 0 spiro atoms. The quantitative estimate of drug-likeness (QED) is 0.505. The number of piperidine rings is 2. The average Bonchev–Trinajstić information content (AvgIpc) is 2.86. The maximum absolute atomic E-state index is 13.3. The number of carbonyl (C=O) groups excluding carboxylic acids is 1. The molecule has 0 radical (unpaired) electrons. The zero-order valence-electron chi connectivity index (χ0n) is 21.0. The standard InChI is InChI=1S/C30H41N3O/c1-30(2)23-28(32-20-12-5-13-21-32)27(22-26-17-8-4-9-18-26)24-33(30)29(34)31-19-11-10-16-25-14-6-3-7-15-25/h3-4,6-9,14-15,17-18,22,28H,5,10-13,16,19-21,23-24H2,1-2H3,(H,31,34). The zero-order valence-corrected chi connectivity index (χ0v) is 21.0. The van der Waals surface area contributed by atoms with Gasteiger partial charge in [0.25, 0.3) is 0 Å². The van der Waals surface area contributed by atoms with E-state index >= 15 is 0 Å². The summed E-state index contributed by atoms with van der Waals surface area (Å²) in [5.74, 6) is 0. The van der Waals surface area contributed by atoms with Gasteiger partial charge in [-0.1, -0.05) is 73.2 Å². The van der Waals surface area contributed by atoms with E-state index in [9.17, 15) is 4.79 Å². The predicted octanol–water partition coefficient (Wildman–Crippen LogP) is 6.14. The summed E-state index contributed by atoms with van der Waals surface area (Å²) >= 11 is 0. The number of rotatable bonds is 7. The number of urea groups is 1. The second kappa shape index (κ2) is 11.7. The van der Waals surface area contributed by atoms with Crippen LogP contribution in [0.15, 0.2) is 66.2 Å². The monoisotopic (exact) mass is 459 g/mol. The molecule has 4 rings (SSSR count). The maximum atomic E-state index is 13.3. The molecular formula is C30H41N3O. The van der Waals surface area contributed by atoms with Crippen LogP contribution in [0.2, 0.25) is 0 Å². The van der Waals surface area contributed by atoms with E-state index in [1.807, 2.05) is 0 Å². The smallest absolute Gasteiger partial charge is 0.318 e. The molecule has 4 nitrogen and oxygen atoms in total. The Kier molecular flexibility index (Phi) is 8.44. The van der Waals surface area contributed by atoms with Crippen molar-refractivity contribution < 1.29 is 4.79 Å². The summed E-state index contributed by atoms with van der Waals surface area (Å²) in [7, 11) is 0. The molecule has 2 fully saturated rings. The lowest BCUT2D eigenvalue weighted by Gasteiger charge is -2.50. The summed E-state index contributed by atoms with van der Waals surface area (Å²) in [5.41, 5.74) is 3.78. The number of likely N-dealkylation sites (tertiary alicyclic amines) is 2. The van der Waals surface area contributed by atoms with Gasteiger partial charge < -0.3 is 10.2 Å². The summed E-state index contributed by atoms with van der Waals surface area (Å²) in [4.78, 5) is 18.0. The molecule has 2 saturated heterocycles. The summed E-state index contributed by atoms with van der Waals surface area (Å²) in [5, 5.41) is 3.22. The molecule has 0 bridgehead atoms. The maximum Gasteiger partial charge on any atom is 0.318 e. The predicted molar refractivity (Wildman–Crippen MR) is 142 cm³/mol. The minimum Gasteiger partial charge on any atom is -0.338 e. The van der Waals surface area contributed by atoms with Crippen LogP contribution in [0.1, 0.15) is 63.5 Å². The van der Waals surface area contributed by atoms with Crippen molar-refractivity contribution in [1.82, 2.24) is 15.1 Å². The molecule has 2 heterocycles. The van der Waals surface area contributed by atoms with Crippen molar-refractivity contribution in [2.75, 3.05) is 26.2 Å². The first-order valence-electron chi connectivity index (χ1n) is 13.1. The van der Waals surface area contributed by atoms with Crippen LogP contribution in [-0.4, -0.2) is 53.6 Å². The van der Waals surface area contributed by atoms with Crippen LogP contribution in [-0.2, 0) is 6.42 Å². The fraction of sp³-hybridized carbons (Fsp3) is 0.500. The van der Waals surface area contributed by atoms with Crippen LogP contribution < -0.4 is 5.32 Å². The van der Waals surface area contributed by atoms with Crippen LogP contribution in [0.3, 0.4) is 0 Å². The fourth-order valence-electron chi connectivity index (χ4n) is 5.45. The van der Waals surface area contributed by atoms with Gasteiger partial charge in [-0.3, -0.25) is 4.90 Å². The fourth-order valence-corrected chi connectivity index (χ4v) is 5.45. The van der Waals surface area contributed by atoms with Crippen LogP contribution in [0, 0.1) is 0 Å². The van der Waals surface area contributed by atoms with E-state index in [-0.39, 0.29) is 11.6 Å². The lowest BCUT2D eigenvalue weighted by atomic mass is 9.82. The molecular weight excluding hydrogens is 418 g/mol. The molecule has 2 aliphatic heterocycles. The number of aryl methyl sites for hydroxylation is 1. The Balaban J connectivity index is 1.40. The Morgan fingerprint density at radius 1 is 0.971 bits per heavy atom. The van der Waals surface area contributed by atoms with Gasteiger partial charge in [0.2, 0.25) is 0 Å². The number of amides is 2. The SMILES string of the molecule is CC1(C)CC(N2CCCCC2)C(=Cc2ccccc2)CN1C(=O)NCCCCc1ccccc1. The highest BCUT2D eigenvalue weighted by molar-refractivity contribution is 5.76. The number of unbranched alkanes of at least 4 members (excludes halogenated alkanes) is 1. The Hall–Kier alpha value is -2.59. The Labute approximate surface area is 206 Å². The Bertz CT molecular complexity index is 932. The summed E-state index contributed by atoms with van der Waals surface area (Å²) in [6.45, 7) is 8.22. The third-order valence-corrected chi connectivity index (χ3v) is 7.43. The van der Waals surface area contributed by atoms with E-state index in [0.29, 0.717) is 12.6 Å². The van der Waals surface area contributed by atoms with E-state index in [1.165, 1.54) is 49.1 Å². The van der Waals surface area contributed by atoms with Gasteiger partial charge in [0.15, 0.2) is 0 Å². The molecule has 1 unspecified atom stereocenters. The molecule has 1 N–H and O–H groups in total. The highest BCUT2D eigenvalue weighted by atomic mass is 16.2. The molecule has 2 aromatic rings. The molecule has 0 aliphatic carbocycles. The molecule has 1 atom stereocenters. The zero-order chi connectivity index (χ0) is 23.8. The minimum absolute atomic E-state index is 0.0702. The molecule has 0 aromatic heterocycles. The van der Waals surface area contributed by atoms with Crippen LogP contribution >= 0.6 is 0 Å². The van der Waals surface area contributed by atoms with Crippen molar-refractivity contribution >= 4 is 12.1 Å². The van der Waals surface area contributed by atoms with E-state index in [1.54, 1.807) is 0 Å². The topological polar surface area (TPSA) is 35.6 Å². The van der Waals surface area contributed by atoms with E-state index in [2.05, 4.69) is 95.7 Å². The van der Waals surface area contributed by atoms with Gasteiger partial charge >= 0.3 is 6.03 Å². The molecule has 2 aromatic carbocycles. The molecule has 0 saturated carbocycles. The minimum atomic E-state index is -0.176. The number of nitrogens with zero attached hydrogens (tertiary/aromatic N) is 2. The second-order valence-corrected chi connectivity index (χ2v) is 10.5.